The van der Waals surface area contributed by atoms with Crippen LogP contribution in [0.4, 0.5) is 10.5 Å². The maximum atomic E-state index is 13.7. The van der Waals surface area contributed by atoms with Crippen LogP contribution in [0.1, 0.15) is 48.8 Å². The minimum Gasteiger partial charge on any atom is -0.315 e. The third kappa shape index (κ3) is 4.69. The molecular formula is C29H32N4O2. The Morgan fingerprint density at radius 1 is 0.943 bits per heavy atom. The number of anilines is 1. The highest BCUT2D eigenvalue weighted by molar-refractivity contribution is 5.91. The molecule has 180 valence electrons. The Bertz CT molecular complexity index is 1420. The Morgan fingerprint density at radius 2 is 1.57 bits per heavy atom. The van der Waals surface area contributed by atoms with E-state index in [2.05, 4.69) is 5.32 Å². The van der Waals surface area contributed by atoms with Crippen molar-refractivity contribution < 1.29 is 4.79 Å². The maximum absolute atomic E-state index is 13.7. The van der Waals surface area contributed by atoms with Gasteiger partial charge in [-0.1, -0.05) is 55.5 Å². The first-order valence-electron chi connectivity index (χ1n) is 12.0. The van der Waals surface area contributed by atoms with E-state index >= 15 is 0 Å². The quantitative estimate of drug-likeness (QED) is 0.360. The molecule has 1 unspecified atom stereocenters. The second kappa shape index (κ2) is 10.1. The minimum absolute atomic E-state index is 0.140. The first-order valence-corrected chi connectivity index (χ1v) is 12.0. The van der Waals surface area contributed by atoms with Gasteiger partial charge in [0, 0.05) is 12.2 Å². The number of hydrogen-bond donors (Lipinski definition) is 1. The average molecular weight is 469 g/mol. The number of carbonyl (C=O) groups excluding carboxylic acids is 1. The van der Waals surface area contributed by atoms with Crippen molar-refractivity contribution in [2.24, 2.45) is 0 Å². The molecule has 0 fully saturated rings. The molecule has 0 radical (unpaired) electrons. The molecule has 1 atom stereocenters. The van der Waals surface area contributed by atoms with Gasteiger partial charge in [0.1, 0.15) is 5.82 Å². The lowest BCUT2D eigenvalue weighted by Gasteiger charge is -2.31. The van der Waals surface area contributed by atoms with E-state index in [-0.39, 0.29) is 11.6 Å². The summed E-state index contributed by atoms with van der Waals surface area (Å²) in [7, 11) is 0. The van der Waals surface area contributed by atoms with E-state index in [1.807, 2.05) is 95.3 Å². The van der Waals surface area contributed by atoms with E-state index < -0.39 is 6.04 Å². The molecule has 6 nitrogen and oxygen atoms in total. The van der Waals surface area contributed by atoms with Crippen molar-refractivity contribution in [3.8, 4) is 5.69 Å². The summed E-state index contributed by atoms with van der Waals surface area (Å²) in [5, 5.41) is 3.66. The minimum atomic E-state index is -0.448. The Hall–Kier alpha value is -3.93. The van der Waals surface area contributed by atoms with Crippen LogP contribution in [0.25, 0.3) is 16.6 Å². The van der Waals surface area contributed by atoms with Crippen LogP contribution in [-0.2, 0) is 0 Å². The average Bonchev–Trinajstić information content (AvgIpc) is 2.85. The van der Waals surface area contributed by atoms with Gasteiger partial charge in [0.25, 0.3) is 5.56 Å². The Balaban J connectivity index is 1.86. The van der Waals surface area contributed by atoms with E-state index in [0.29, 0.717) is 23.3 Å². The molecule has 3 aromatic carbocycles. The summed E-state index contributed by atoms with van der Waals surface area (Å²) in [6.45, 7) is 10.4. The van der Waals surface area contributed by atoms with Crippen molar-refractivity contribution in [3.05, 3.63) is 99.6 Å². The van der Waals surface area contributed by atoms with Crippen molar-refractivity contribution in [1.29, 1.82) is 0 Å². The Morgan fingerprint density at radius 3 is 2.26 bits per heavy atom. The van der Waals surface area contributed by atoms with Crippen LogP contribution in [0, 0.1) is 20.8 Å². The number of aromatic nitrogens is 2. The second-order valence-corrected chi connectivity index (χ2v) is 8.98. The van der Waals surface area contributed by atoms with Gasteiger partial charge in [-0.2, -0.15) is 0 Å². The van der Waals surface area contributed by atoms with E-state index in [1.54, 1.807) is 15.5 Å². The van der Waals surface area contributed by atoms with Crippen molar-refractivity contribution in [2.45, 2.75) is 47.1 Å². The Labute approximate surface area is 206 Å². The summed E-state index contributed by atoms with van der Waals surface area (Å²) >= 11 is 0. The van der Waals surface area contributed by atoms with Gasteiger partial charge in [0.15, 0.2) is 0 Å². The van der Waals surface area contributed by atoms with Gasteiger partial charge in [-0.3, -0.25) is 9.36 Å². The van der Waals surface area contributed by atoms with Crippen molar-refractivity contribution >= 4 is 22.6 Å². The van der Waals surface area contributed by atoms with Crippen molar-refractivity contribution in [3.63, 3.8) is 0 Å². The molecule has 4 rings (SSSR count). The summed E-state index contributed by atoms with van der Waals surface area (Å²) in [6, 6.07) is 20.4. The van der Waals surface area contributed by atoms with E-state index in [9.17, 15) is 9.59 Å². The third-order valence-corrected chi connectivity index (χ3v) is 6.44. The summed E-state index contributed by atoms with van der Waals surface area (Å²) in [5.41, 5.74) is 5.03. The van der Waals surface area contributed by atoms with Crippen LogP contribution < -0.4 is 10.9 Å². The molecule has 0 aliphatic carbocycles. The number of amides is 2. The fraction of sp³-hybridized carbons (Fsp3) is 0.276. The molecule has 0 aliphatic rings. The van der Waals surface area contributed by atoms with Crippen LogP contribution in [0.2, 0.25) is 0 Å². The molecule has 4 aromatic rings. The van der Waals surface area contributed by atoms with Gasteiger partial charge in [0.2, 0.25) is 0 Å². The number of rotatable bonds is 6. The number of nitrogens with zero attached hydrogens (tertiary/aromatic N) is 3. The van der Waals surface area contributed by atoms with Gasteiger partial charge in [0.05, 0.1) is 22.6 Å². The largest absolute Gasteiger partial charge is 0.322 e. The van der Waals surface area contributed by atoms with Gasteiger partial charge in [-0.05, 0) is 69.0 Å². The zero-order valence-electron chi connectivity index (χ0n) is 21.0. The highest BCUT2D eigenvalue weighted by Crippen LogP contribution is 2.26. The molecule has 0 bridgehead atoms. The van der Waals surface area contributed by atoms with Crippen LogP contribution in [-0.4, -0.2) is 27.0 Å². The predicted octanol–water partition coefficient (Wildman–Crippen LogP) is 6.32. The molecule has 0 saturated carbocycles. The number of para-hydroxylation sites is 3. The standard InChI is InChI=1S/C29H32N4O2/c1-6-18-32(29(35)31-26-20(3)13-11-14-21(26)4)22(5)27-30-24-16-9-8-15-23(24)28(34)33(27)25-17-10-7-12-19(25)2/h7-17,22H,6,18H2,1-5H3,(H,31,35). The number of benzene rings is 3. The van der Waals surface area contributed by atoms with Crippen molar-refractivity contribution in [1.82, 2.24) is 14.5 Å². The van der Waals surface area contributed by atoms with E-state index in [4.69, 9.17) is 4.98 Å². The fourth-order valence-electron chi connectivity index (χ4n) is 4.52. The lowest BCUT2D eigenvalue weighted by molar-refractivity contribution is 0.189. The molecule has 0 saturated heterocycles. The highest BCUT2D eigenvalue weighted by atomic mass is 16.2. The van der Waals surface area contributed by atoms with Gasteiger partial charge in [-0.15, -0.1) is 0 Å². The first-order chi connectivity index (χ1) is 16.8. The molecule has 6 heteroatoms. The summed E-state index contributed by atoms with van der Waals surface area (Å²) in [4.78, 5) is 34.0. The third-order valence-electron chi connectivity index (χ3n) is 6.44. The second-order valence-electron chi connectivity index (χ2n) is 8.98. The topological polar surface area (TPSA) is 67.2 Å². The number of aryl methyl sites for hydroxylation is 3. The molecule has 1 heterocycles. The first kappa shape index (κ1) is 24.2. The lowest BCUT2D eigenvalue weighted by atomic mass is 10.1. The number of hydrogen-bond acceptors (Lipinski definition) is 3. The molecular weight excluding hydrogens is 436 g/mol. The SMILES string of the molecule is CCCN(C(=O)Nc1c(C)cccc1C)C(C)c1nc2ccccc2c(=O)n1-c1ccccc1C. The van der Waals surface area contributed by atoms with Crippen LogP contribution in [0.5, 0.6) is 0 Å². The van der Waals surface area contributed by atoms with Crippen LogP contribution in [0.3, 0.4) is 0 Å². The zero-order chi connectivity index (χ0) is 25.1. The predicted molar refractivity (Wildman–Crippen MR) is 142 cm³/mol. The summed E-state index contributed by atoms with van der Waals surface area (Å²) < 4.78 is 1.66. The molecule has 2 amide bonds. The van der Waals surface area contributed by atoms with Crippen LogP contribution in [0.15, 0.2) is 71.5 Å². The van der Waals surface area contributed by atoms with Gasteiger partial charge < -0.3 is 10.2 Å². The monoisotopic (exact) mass is 468 g/mol. The lowest BCUT2D eigenvalue weighted by Crippen LogP contribution is -2.40. The summed E-state index contributed by atoms with van der Waals surface area (Å²) in [6.07, 6.45) is 0.771. The van der Waals surface area contributed by atoms with Gasteiger partial charge in [-0.25, -0.2) is 9.78 Å². The molecule has 1 N–H and O–H groups in total. The normalized spacial score (nSPS) is 11.9. The Kier molecular flexibility index (Phi) is 7.01. The van der Waals surface area contributed by atoms with Crippen molar-refractivity contribution in [2.75, 3.05) is 11.9 Å². The number of carbonyl (C=O) groups is 1. The molecule has 0 aliphatic heterocycles. The number of fused-ring (bicyclic) bond motifs is 1. The molecule has 1 aromatic heterocycles. The van der Waals surface area contributed by atoms with Crippen LogP contribution >= 0.6 is 0 Å². The zero-order valence-corrected chi connectivity index (χ0v) is 21.0. The number of nitrogens with one attached hydrogen (secondary N) is 1. The maximum Gasteiger partial charge on any atom is 0.322 e. The van der Waals surface area contributed by atoms with E-state index in [1.165, 1.54) is 0 Å². The smallest absolute Gasteiger partial charge is 0.315 e. The fourth-order valence-corrected chi connectivity index (χ4v) is 4.52. The number of urea groups is 1. The molecule has 35 heavy (non-hydrogen) atoms. The molecule has 0 spiro atoms. The summed E-state index contributed by atoms with van der Waals surface area (Å²) in [5.74, 6) is 0.535. The van der Waals surface area contributed by atoms with E-state index in [0.717, 1.165) is 34.5 Å². The highest BCUT2D eigenvalue weighted by Gasteiger charge is 2.27. The van der Waals surface area contributed by atoms with Gasteiger partial charge >= 0.3 is 6.03 Å².